The maximum atomic E-state index is 13.2. The zero-order valence-corrected chi connectivity index (χ0v) is 19.8. The quantitative estimate of drug-likeness (QED) is 0.394. The Morgan fingerprint density at radius 2 is 1.66 bits per heavy atom. The minimum Gasteiger partial charge on any atom is -0.384 e. The first-order valence-corrected chi connectivity index (χ1v) is 12.5. The summed E-state index contributed by atoms with van der Waals surface area (Å²) in [7, 11) is 0. The fraction of sp³-hybridized carbons (Fsp3) is 0.143. The van der Waals surface area contributed by atoms with E-state index in [0.717, 1.165) is 41.5 Å². The van der Waals surface area contributed by atoms with Gasteiger partial charge in [-0.2, -0.15) is 4.98 Å². The first kappa shape index (κ1) is 21.6. The average molecular weight is 478 g/mol. The van der Waals surface area contributed by atoms with E-state index in [1.54, 1.807) is 24.2 Å². The van der Waals surface area contributed by atoms with E-state index in [-0.39, 0.29) is 10.9 Å². The van der Waals surface area contributed by atoms with Crippen LogP contribution in [0.4, 0.5) is 5.82 Å². The van der Waals surface area contributed by atoms with Crippen LogP contribution in [0.3, 0.4) is 0 Å². The number of benzene rings is 1. The maximum absolute atomic E-state index is 13.2. The number of fused-ring (bicyclic) bond motifs is 2. The number of nitrogens with zero attached hydrogens (tertiary/aromatic N) is 4. The number of thioether (sulfide) groups is 1. The number of hydrogen-bond donors (Lipinski definition) is 1. The lowest BCUT2D eigenvalue weighted by Crippen LogP contribution is -2.28. The standard InChI is InChI=1S/C28H23N5OS/c29-26-24-23-20(17-18-9-13-30-14-10-18)5-4-8-22(23)25(19-11-15-31-16-12-19)35-27(24)32-28(34)33(26)21-6-2-1-3-7-21/h1-3,6-7,9-17,25H,4-5,8,29H2/b20-17+. The molecular weight excluding hydrogens is 454 g/mol. The number of hydrogen-bond acceptors (Lipinski definition) is 6. The number of rotatable bonds is 3. The number of nitrogen functional groups attached to an aromatic ring is 1. The number of aromatic nitrogens is 4. The second-order valence-corrected chi connectivity index (χ2v) is 9.71. The highest BCUT2D eigenvalue weighted by molar-refractivity contribution is 7.99. The minimum atomic E-state index is -0.368. The molecule has 1 aliphatic carbocycles. The van der Waals surface area contributed by atoms with Crippen LogP contribution >= 0.6 is 11.8 Å². The van der Waals surface area contributed by atoms with E-state index >= 15 is 0 Å². The molecular formula is C28H23N5OS. The highest BCUT2D eigenvalue weighted by Gasteiger charge is 2.36. The number of allylic oxidation sites excluding steroid dienone is 2. The monoisotopic (exact) mass is 477 g/mol. The van der Waals surface area contributed by atoms with Gasteiger partial charge in [0.15, 0.2) is 0 Å². The van der Waals surface area contributed by atoms with E-state index in [4.69, 9.17) is 5.73 Å². The summed E-state index contributed by atoms with van der Waals surface area (Å²) in [6.07, 6.45) is 12.4. The second-order valence-electron chi connectivity index (χ2n) is 8.61. The molecule has 4 heterocycles. The Balaban J connectivity index is 1.63. The molecule has 0 spiro atoms. The van der Waals surface area contributed by atoms with Crippen molar-refractivity contribution < 1.29 is 0 Å². The van der Waals surface area contributed by atoms with E-state index in [1.807, 2.05) is 67.0 Å². The molecule has 3 aromatic heterocycles. The Labute approximate surface area is 207 Å². The molecule has 1 unspecified atom stereocenters. The molecule has 7 heteroatoms. The van der Waals surface area contributed by atoms with Crippen molar-refractivity contribution in [3.63, 3.8) is 0 Å². The summed E-state index contributed by atoms with van der Waals surface area (Å²) in [4.78, 5) is 26.1. The van der Waals surface area contributed by atoms with Crippen molar-refractivity contribution in [3.8, 4) is 5.69 Å². The molecule has 6 nitrogen and oxygen atoms in total. The molecule has 35 heavy (non-hydrogen) atoms. The number of nitrogens with two attached hydrogens (primary N) is 1. The minimum absolute atomic E-state index is 0.0560. The fourth-order valence-electron chi connectivity index (χ4n) is 4.97. The first-order chi connectivity index (χ1) is 17.2. The third-order valence-corrected chi connectivity index (χ3v) is 7.81. The Kier molecular flexibility index (Phi) is 5.54. The Morgan fingerprint density at radius 3 is 2.40 bits per heavy atom. The number of para-hydroxylation sites is 1. The Hall–Kier alpha value is -3.97. The van der Waals surface area contributed by atoms with E-state index in [1.165, 1.54) is 15.7 Å². The van der Waals surface area contributed by atoms with Crippen LogP contribution in [0.5, 0.6) is 0 Å². The van der Waals surface area contributed by atoms with Gasteiger partial charge in [0.05, 0.1) is 16.5 Å². The van der Waals surface area contributed by atoms with Gasteiger partial charge in [-0.3, -0.25) is 9.97 Å². The van der Waals surface area contributed by atoms with Crippen molar-refractivity contribution in [2.45, 2.75) is 29.5 Å². The molecule has 0 saturated carbocycles. The van der Waals surface area contributed by atoms with Crippen LogP contribution < -0.4 is 11.4 Å². The SMILES string of the molecule is Nc1c2c(nc(=O)n1-c1ccccc1)SC(c1ccncc1)C1=C2/C(=C/c2ccncc2)CCC1. The van der Waals surface area contributed by atoms with Gasteiger partial charge in [-0.1, -0.05) is 36.0 Å². The molecule has 0 saturated heterocycles. The molecule has 1 aromatic carbocycles. The van der Waals surface area contributed by atoms with Gasteiger partial charge in [0.1, 0.15) is 10.8 Å². The Morgan fingerprint density at radius 1 is 0.943 bits per heavy atom. The molecule has 0 bridgehead atoms. The molecule has 1 aliphatic heterocycles. The molecule has 2 aliphatic rings. The van der Waals surface area contributed by atoms with Crippen LogP contribution in [0.25, 0.3) is 17.3 Å². The molecule has 172 valence electrons. The molecule has 6 rings (SSSR count). The van der Waals surface area contributed by atoms with Gasteiger partial charge < -0.3 is 5.73 Å². The lowest BCUT2D eigenvalue weighted by Gasteiger charge is -2.35. The lowest BCUT2D eigenvalue weighted by molar-refractivity contribution is 0.758. The van der Waals surface area contributed by atoms with Gasteiger partial charge in [0.25, 0.3) is 0 Å². The summed E-state index contributed by atoms with van der Waals surface area (Å²) < 4.78 is 1.52. The summed E-state index contributed by atoms with van der Waals surface area (Å²) in [5.41, 5.74) is 13.9. The zero-order chi connectivity index (χ0) is 23.8. The van der Waals surface area contributed by atoms with Gasteiger partial charge >= 0.3 is 5.69 Å². The molecule has 2 N–H and O–H groups in total. The fourth-order valence-corrected chi connectivity index (χ4v) is 6.32. The molecule has 4 aromatic rings. The molecule has 0 amide bonds. The molecule has 1 atom stereocenters. The van der Waals surface area contributed by atoms with Crippen LogP contribution in [0.1, 0.15) is 41.2 Å². The van der Waals surface area contributed by atoms with Crippen molar-refractivity contribution in [2.75, 3.05) is 5.73 Å². The number of anilines is 1. The summed E-state index contributed by atoms with van der Waals surface area (Å²) in [5.74, 6) is 0.432. The van der Waals surface area contributed by atoms with Crippen LogP contribution in [0, 0.1) is 0 Å². The highest BCUT2D eigenvalue weighted by atomic mass is 32.2. The first-order valence-electron chi connectivity index (χ1n) is 11.6. The van der Waals surface area contributed by atoms with Crippen molar-refractivity contribution in [2.24, 2.45) is 0 Å². The Bertz CT molecular complexity index is 1510. The van der Waals surface area contributed by atoms with Gasteiger partial charge in [-0.25, -0.2) is 9.36 Å². The average Bonchev–Trinajstić information content (AvgIpc) is 2.90. The van der Waals surface area contributed by atoms with Gasteiger partial charge in [-0.05, 0) is 83.5 Å². The normalized spacial score (nSPS) is 18.3. The number of pyridine rings is 2. The largest absolute Gasteiger partial charge is 0.384 e. The van der Waals surface area contributed by atoms with E-state index in [9.17, 15) is 4.79 Å². The second kappa shape index (κ2) is 9.00. The van der Waals surface area contributed by atoms with Crippen molar-refractivity contribution in [1.29, 1.82) is 0 Å². The maximum Gasteiger partial charge on any atom is 0.354 e. The van der Waals surface area contributed by atoms with E-state index in [0.29, 0.717) is 16.5 Å². The predicted molar refractivity (Wildman–Crippen MR) is 140 cm³/mol. The summed E-state index contributed by atoms with van der Waals surface area (Å²) in [6, 6.07) is 17.6. The van der Waals surface area contributed by atoms with Crippen LogP contribution in [-0.2, 0) is 0 Å². The highest BCUT2D eigenvalue weighted by Crippen LogP contribution is 2.56. The van der Waals surface area contributed by atoms with Crippen molar-refractivity contribution in [3.05, 3.63) is 118 Å². The summed E-state index contributed by atoms with van der Waals surface area (Å²) >= 11 is 1.61. The van der Waals surface area contributed by atoms with E-state index < -0.39 is 0 Å². The zero-order valence-electron chi connectivity index (χ0n) is 19.0. The topological polar surface area (TPSA) is 86.7 Å². The third kappa shape index (κ3) is 3.88. The van der Waals surface area contributed by atoms with Gasteiger partial charge in [0, 0.05) is 24.8 Å². The van der Waals surface area contributed by atoms with Crippen molar-refractivity contribution in [1.82, 2.24) is 19.5 Å². The lowest BCUT2D eigenvalue weighted by atomic mass is 9.80. The smallest absolute Gasteiger partial charge is 0.354 e. The summed E-state index contributed by atoms with van der Waals surface area (Å²) in [5, 5.41) is 0.739. The van der Waals surface area contributed by atoms with Crippen LogP contribution in [0.2, 0.25) is 0 Å². The third-order valence-electron chi connectivity index (χ3n) is 6.50. The van der Waals surface area contributed by atoms with Crippen LogP contribution in [0.15, 0.2) is 100 Å². The van der Waals surface area contributed by atoms with Crippen molar-refractivity contribution >= 4 is 29.2 Å². The molecule has 0 fully saturated rings. The summed E-state index contributed by atoms with van der Waals surface area (Å²) in [6.45, 7) is 0. The van der Waals surface area contributed by atoms with Gasteiger partial charge in [-0.15, -0.1) is 0 Å². The van der Waals surface area contributed by atoms with Crippen LogP contribution in [-0.4, -0.2) is 19.5 Å². The van der Waals surface area contributed by atoms with E-state index in [2.05, 4.69) is 21.0 Å². The predicted octanol–water partition coefficient (Wildman–Crippen LogP) is 5.47. The molecule has 0 radical (unpaired) electrons. The van der Waals surface area contributed by atoms with Gasteiger partial charge in [0.2, 0.25) is 0 Å².